The van der Waals surface area contributed by atoms with E-state index < -0.39 is 0 Å². The van der Waals surface area contributed by atoms with Gasteiger partial charge in [0, 0.05) is 13.1 Å². The van der Waals surface area contributed by atoms with Crippen LogP contribution in [0.2, 0.25) is 0 Å². The Kier molecular flexibility index (Phi) is 4.86. The largest absolute Gasteiger partial charge is 0.356 e. The molecular formula is C24H24N6O. The molecular weight excluding hydrogens is 388 g/mol. The molecule has 0 unspecified atom stereocenters. The van der Waals surface area contributed by atoms with Crippen molar-refractivity contribution in [2.24, 2.45) is 5.10 Å². The Balaban J connectivity index is 1.65. The standard InChI is InChI=1S/C24H24N6O/c1-17-21(16-25-29-18(2)26-22-13-7-6-12-20(22)24(29)31)23(28-14-8-9-15-28)30(27-17)19-10-4-3-5-11-19/h3-7,10-13,16H,8-9,14-15H2,1-2H3. The van der Waals surface area contributed by atoms with Gasteiger partial charge in [-0.15, -0.1) is 0 Å². The number of para-hydroxylation sites is 2. The molecule has 31 heavy (non-hydrogen) atoms. The summed E-state index contributed by atoms with van der Waals surface area (Å²) in [5.74, 6) is 1.57. The Labute approximate surface area is 180 Å². The molecule has 2 aromatic carbocycles. The van der Waals surface area contributed by atoms with Gasteiger partial charge in [0.1, 0.15) is 11.6 Å². The van der Waals surface area contributed by atoms with Crippen molar-refractivity contribution in [2.45, 2.75) is 26.7 Å². The van der Waals surface area contributed by atoms with Crippen molar-refractivity contribution in [3.05, 3.63) is 82.0 Å². The van der Waals surface area contributed by atoms with E-state index in [0.717, 1.165) is 48.7 Å². The van der Waals surface area contributed by atoms with Gasteiger partial charge in [-0.2, -0.15) is 14.9 Å². The number of rotatable bonds is 4. The molecule has 1 aliphatic heterocycles. The van der Waals surface area contributed by atoms with Crippen molar-refractivity contribution < 1.29 is 0 Å². The summed E-state index contributed by atoms with van der Waals surface area (Å²) in [5.41, 5.74) is 3.31. The number of nitrogens with zero attached hydrogens (tertiary/aromatic N) is 6. The number of benzene rings is 2. The predicted molar refractivity (Wildman–Crippen MR) is 123 cm³/mol. The topological polar surface area (TPSA) is 68.3 Å². The molecule has 0 bridgehead atoms. The molecule has 1 fully saturated rings. The summed E-state index contributed by atoms with van der Waals surface area (Å²) in [6, 6.07) is 17.5. The predicted octanol–water partition coefficient (Wildman–Crippen LogP) is 3.68. The second-order valence-corrected chi connectivity index (χ2v) is 7.80. The summed E-state index contributed by atoms with van der Waals surface area (Å²) < 4.78 is 3.35. The van der Waals surface area contributed by atoms with Crippen LogP contribution in [0.3, 0.4) is 0 Å². The summed E-state index contributed by atoms with van der Waals surface area (Å²) in [7, 11) is 0. The molecule has 0 atom stereocenters. The van der Waals surface area contributed by atoms with Crippen LogP contribution in [0.4, 0.5) is 5.82 Å². The van der Waals surface area contributed by atoms with Crippen LogP contribution in [0.5, 0.6) is 0 Å². The van der Waals surface area contributed by atoms with E-state index >= 15 is 0 Å². The van der Waals surface area contributed by atoms with Gasteiger partial charge in [0.05, 0.1) is 34.1 Å². The van der Waals surface area contributed by atoms with Gasteiger partial charge in [-0.1, -0.05) is 30.3 Å². The summed E-state index contributed by atoms with van der Waals surface area (Å²) in [5, 5.41) is 9.93. The third-order valence-electron chi connectivity index (χ3n) is 5.71. The fourth-order valence-electron chi connectivity index (χ4n) is 4.15. The van der Waals surface area contributed by atoms with Crippen molar-refractivity contribution in [1.82, 2.24) is 19.4 Å². The number of hydrogen-bond acceptors (Lipinski definition) is 5. The van der Waals surface area contributed by atoms with Crippen LogP contribution in [-0.2, 0) is 0 Å². The highest BCUT2D eigenvalue weighted by molar-refractivity contribution is 5.89. The highest BCUT2D eigenvalue weighted by Crippen LogP contribution is 2.29. The molecule has 4 aromatic rings. The van der Waals surface area contributed by atoms with Crippen LogP contribution in [0.25, 0.3) is 16.6 Å². The van der Waals surface area contributed by atoms with E-state index in [2.05, 4.69) is 27.1 Å². The van der Waals surface area contributed by atoms with Crippen LogP contribution in [0.15, 0.2) is 64.5 Å². The smallest absolute Gasteiger partial charge is 0.282 e. The second kappa shape index (κ2) is 7.83. The summed E-state index contributed by atoms with van der Waals surface area (Å²) in [6.45, 7) is 5.74. The minimum atomic E-state index is -0.171. The van der Waals surface area contributed by atoms with Gasteiger partial charge in [0.25, 0.3) is 5.56 Å². The van der Waals surface area contributed by atoms with Crippen LogP contribution < -0.4 is 10.5 Å². The third kappa shape index (κ3) is 3.42. The molecule has 0 N–H and O–H groups in total. The minimum absolute atomic E-state index is 0.171. The Morgan fingerprint density at radius 3 is 2.45 bits per heavy atom. The van der Waals surface area contributed by atoms with E-state index in [0.29, 0.717) is 16.7 Å². The highest BCUT2D eigenvalue weighted by Gasteiger charge is 2.23. The van der Waals surface area contributed by atoms with E-state index in [4.69, 9.17) is 5.10 Å². The van der Waals surface area contributed by atoms with Gasteiger partial charge >= 0.3 is 0 Å². The van der Waals surface area contributed by atoms with E-state index in [1.165, 1.54) is 4.68 Å². The first-order valence-corrected chi connectivity index (χ1v) is 10.6. The molecule has 0 aliphatic carbocycles. The van der Waals surface area contributed by atoms with Gasteiger partial charge in [-0.05, 0) is 51.0 Å². The van der Waals surface area contributed by atoms with Crippen molar-refractivity contribution >= 4 is 22.9 Å². The maximum absolute atomic E-state index is 13.0. The van der Waals surface area contributed by atoms with E-state index in [9.17, 15) is 4.79 Å². The van der Waals surface area contributed by atoms with E-state index in [1.807, 2.05) is 48.0 Å². The molecule has 0 spiro atoms. The average molecular weight is 412 g/mol. The molecule has 3 heterocycles. The maximum atomic E-state index is 13.0. The molecule has 7 nitrogen and oxygen atoms in total. The summed E-state index contributed by atoms with van der Waals surface area (Å²) in [6.07, 6.45) is 4.06. The fraction of sp³-hybridized carbons (Fsp3) is 0.250. The average Bonchev–Trinajstić information content (AvgIpc) is 3.42. The Morgan fingerprint density at radius 1 is 0.968 bits per heavy atom. The highest BCUT2D eigenvalue weighted by atomic mass is 16.1. The molecule has 1 aliphatic rings. The number of anilines is 1. The zero-order valence-corrected chi connectivity index (χ0v) is 17.7. The number of fused-ring (bicyclic) bond motifs is 1. The SMILES string of the molecule is Cc1nn(-c2ccccc2)c(N2CCCC2)c1C=Nn1c(C)nc2ccccc2c1=O. The molecule has 5 rings (SSSR count). The van der Waals surface area contributed by atoms with Gasteiger partial charge in [0.2, 0.25) is 0 Å². The van der Waals surface area contributed by atoms with Crippen LogP contribution >= 0.6 is 0 Å². The quantitative estimate of drug-likeness (QED) is 0.480. The lowest BCUT2D eigenvalue weighted by Crippen LogP contribution is -2.23. The second-order valence-electron chi connectivity index (χ2n) is 7.80. The summed E-state index contributed by atoms with van der Waals surface area (Å²) >= 11 is 0. The first kappa shape index (κ1) is 19.2. The van der Waals surface area contributed by atoms with Crippen LogP contribution in [0.1, 0.15) is 29.9 Å². The van der Waals surface area contributed by atoms with Crippen LogP contribution in [-0.4, -0.2) is 38.7 Å². The van der Waals surface area contributed by atoms with Crippen molar-refractivity contribution in [3.63, 3.8) is 0 Å². The van der Waals surface area contributed by atoms with Gasteiger partial charge < -0.3 is 4.90 Å². The van der Waals surface area contributed by atoms with Crippen molar-refractivity contribution in [2.75, 3.05) is 18.0 Å². The summed E-state index contributed by atoms with van der Waals surface area (Å²) in [4.78, 5) is 19.9. The molecule has 156 valence electrons. The minimum Gasteiger partial charge on any atom is -0.356 e. The Hall–Kier alpha value is -3.74. The van der Waals surface area contributed by atoms with Gasteiger partial charge in [-0.3, -0.25) is 4.79 Å². The van der Waals surface area contributed by atoms with Gasteiger partial charge in [0.15, 0.2) is 0 Å². The van der Waals surface area contributed by atoms with Gasteiger partial charge in [-0.25, -0.2) is 9.67 Å². The number of hydrogen-bond donors (Lipinski definition) is 0. The van der Waals surface area contributed by atoms with E-state index in [-0.39, 0.29) is 5.56 Å². The normalized spacial score (nSPS) is 14.2. The lowest BCUT2D eigenvalue weighted by atomic mass is 10.2. The van der Waals surface area contributed by atoms with E-state index in [1.54, 1.807) is 19.2 Å². The Morgan fingerprint density at radius 2 is 1.68 bits per heavy atom. The first-order valence-electron chi connectivity index (χ1n) is 10.6. The molecule has 2 aromatic heterocycles. The monoisotopic (exact) mass is 412 g/mol. The molecule has 1 saturated heterocycles. The zero-order chi connectivity index (χ0) is 21.4. The number of aryl methyl sites for hydroxylation is 2. The van der Waals surface area contributed by atoms with Crippen molar-refractivity contribution in [1.29, 1.82) is 0 Å². The molecule has 0 radical (unpaired) electrons. The van der Waals surface area contributed by atoms with Crippen LogP contribution in [0, 0.1) is 13.8 Å². The lowest BCUT2D eigenvalue weighted by molar-refractivity contribution is 0.770. The fourth-order valence-corrected chi connectivity index (χ4v) is 4.15. The molecule has 0 amide bonds. The third-order valence-corrected chi connectivity index (χ3v) is 5.71. The lowest BCUT2D eigenvalue weighted by Gasteiger charge is -2.20. The van der Waals surface area contributed by atoms with Crippen molar-refractivity contribution in [3.8, 4) is 5.69 Å². The molecule has 7 heteroatoms. The Bertz CT molecular complexity index is 1330. The zero-order valence-electron chi connectivity index (χ0n) is 17.7. The number of aromatic nitrogens is 4. The maximum Gasteiger partial charge on any atom is 0.282 e. The molecule has 0 saturated carbocycles. The first-order chi connectivity index (χ1) is 15.1.